The number of hydrogen-bond donors (Lipinski definition) is 0. The molecule has 0 aromatic carbocycles. The zero-order valence-electron chi connectivity index (χ0n) is 12.6. The monoisotopic (exact) mass is 544 g/mol. The Morgan fingerprint density at radius 3 is 1.27 bits per heavy atom. The largest absolute Gasteiger partial charge is 0.156 e. The third-order valence-corrected chi connectivity index (χ3v) is 9.29. The molecule has 2 unspecified atom stereocenters. The van der Waals surface area contributed by atoms with Gasteiger partial charge in [0.2, 0.25) is 0 Å². The van der Waals surface area contributed by atoms with E-state index < -0.39 is 8.41 Å². The Bertz CT molecular complexity index is 767. The van der Waals surface area contributed by atoms with E-state index in [1.54, 1.807) is 0 Å². The van der Waals surface area contributed by atoms with E-state index in [9.17, 15) is 0 Å². The molecule has 2 aliphatic rings. The van der Waals surface area contributed by atoms with E-state index >= 15 is 0 Å². The maximum absolute atomic E-state index is 6.85. The van der Waals surface area contributed by atoms with Crippen molar-refractivity contribution in [1.82, 2.24) is 0 Å². The number of alkyl halides is 2. The van der Waals surface area contributed by atoms with Gasteiger partial charge in [-0.05, 0) is 23.0 Å². The molecule has 0 nitrogen and oxygen atoms in total. The highest BCUT2D eigenvalue weighted by atomic mass is 35.5. The summed E-state index contributed by atoms with van der Waals surface area (Å²) in [5.41, 5.74) is 0.559. The van der Waals surface area contributed by atoms with Crippen LogP contribution in [0.2, 0.25) is 0 Å². The zero-order chi connectivity index (χ0) is 19.9. The van der Waals surface area contributed by atoms with Crippen LogP contribution in [0.4, 0.5) is 0 Å². The van der Waals surface area contributed by atoms with Crippen molar-refractivity contribution in [1.29, 1.82) is 0 Å². The van der Waals surface area contributed by atoms with Crippen LogP contribution in [0, 0.1) is 0 Å². The summed E-state index contributed by atoms with van der Waals surface area (Å²) in [6.45, 7) is 7.39. The number of rotatable bonds is 4. The molecule has 10 heteroatoms. The summed E-state index contributed by atoms with van der Waals surface area (Å²) in [7, 11) is 0. The van der Waals surface area contributed by atoms with Crippen molar-refractivity contribution >= 4 is 116 Å². The van der Waals surface area contributed by atoms with Crippen LogP contribution in [0.25, 0.3) is 0 Å². The van der Waals surface area contributed by atoms with Crippen LogP contribution in [0.15, 0.2) is 77.5 Å². The molecule has 26 heavy (non-hydrogen) atoms. The van der Waals surface area contributed by atoms with Crippen molar-refractivity contribution in [2.75, 3.05) is 0 Å². The lowest BCUT2D eigenvalue weighted by atomic mass is 9.93. The van der Waals surface area contributed by atoms with Crippen LogP contribution in [-0.4, -0.2) is 8.41 Å². The van der Waals surface area contributed by atoms with E-state index in [1.807, 2.05) is 0 Å². The molecular weight excluding hydrogens is 540 g/mol. The maximum atomic E-state index is 6.85. The van der Waals surface area contributed by atoms with Gasteiger partial charge < -0.3 is 0 Å². The van der Waals surface area contributed by atoms with E-state index in [0.717, 1.165) is 23.5 Å². The van der Waals surface area contributed by atoms with Gasteiger partial charge in [0.05, 0.1) is 30.2 Å². The fourth-order valence-corrected chi connectivity index (χ4v) is 6.59. The molecule has 2 rings (SSSR count). The summed E-state index contributed by atoms with van der Waals surface area (Å²) in [5.74, 6) is 0. The highest BCUT2D eigenvalue weighted by Gasteiger charge is 2.50. The van der Waals surface area contributed by atoms with E-state index in [1.165, 1.54) is 23.0 Å². The van der Waals surface area contributed by atoms with Crippen molar-refractivity contribution in [3.05, 3.63) is 77.5 Å². The molecule has 140 valence electrons. The van der Waals surface area contributed by atoms with Crippen LogP contribution in [-0.2, 0) is 0 Å². The quantitative estimate of drug-likeness (QED) is 0.321. The number of thioether (sulfide) groups is 2. The van der Waals surface area contributed by atoms with Gasteiger partial charge in [0, 0.05) is 11.1 Å². The molecule has 0 aromatic heterocycles. The Kier molecular flexibility index (Phi) is 8.05. The Balaban J connectivity index is 3.01. The van der Waals surface area contributed by atoms with Crippen LogP contribution >= 0.6 is 116 Å². The predicted octanol–water partition coefficient (Wildman–Crippen LogP) is 9.56. The lowest BCUT2D eigenvalue weighted by Crippen LogP contribution is -2.32. The lowest BCUT2D eigenvalue weighted by Gasteiger charge is -2.39. The van der Waals surface area contributed by atoms with Crippen molar-refractivity contribution in [3.8, 4) is 0 Å². The molecule has 0 heterocycles. The number of halogens is 8. The average molecular weight is 548 g/mol. The van der Waals surface area contributed by atoms with Gasteiger partial charge in [-0.3, -0.25) is 0 Å². The molecule has 2 atom stereocenters. The SMILES string of the molecule is C=CSC1(Cl)C(Cl)=CC(Cl)=C(Cl)/C1=C1/C(Cl)=C(Cl)C=C(Cl)C1(Cl)SC=C. The standard InChI is InChI=1S/C16H8Cl8S2/c1-3-25-15(23)9(19)5-7(17)13(21)11(15)12-14(22)8(18)6-10(20)16(12,24)26-4-2/h3-6H,1-2H2/b12-11+. The minimum absolute atomic E-state index is 0.124. The van der Waals surface area contributed by atoms with E-state index in [-0.39, 0.29) is 41.3 Å². The number of hydrogen-bond acceptors (Lipinski definition) is 2. The van der Waals surface area contributed by atoms with Gasteiger partial charge in [0.15, 0.2) is 8.41 Å². The fraction of sp³-hybridized carbons (Fsp3) is 0.125. The number of allylic oxidation sites excluding steroid dienone is 6. The van der Waals surface area contributed by atoms with Crippen LogP contribution in [0.1, 0.15) is 0 Å². The van der Waals surface area contributed by atoms with E-state index in [2.05, 4.69) is 13.2 Å². The van der Waals surface area contributed by atoms with Crippen molar-refractivity contribution in [2.45, 2.75) is 8.41 Å². The third-order valence-electron chi connectivity index (χ3n) is 3.36. The zero-order valence-corrected chi connectivity index (χ0v) is 20.2. The molecule has 0 amide bonds. The Morgan fingerprint density at radius 1 is 0.692 bits per heavy atom. The highest BCUT2D eigenvalue weighted by Crippen LogP contribution is 2.61. The highest BCUT2D eigenvalue weighted by molar-refractivity contribution is 8.05. The molecule has 0 spiro atoms. The third kappa shape index (κ3) is 3.94. The summed E-state index contributed by atoms with van der Waals surface area (Å²) in [6, 6.07) is 0. The fourth-order valence-electron chi connectivity index (χ4n) is 2.30. The van der Waals surface area contributed by atoms with Gasteiger partial charge in [0.1, 0.15) is 0 Å². The molecule has 0 N–H and O–H groups in total. The Morgan fingerprint density at radius 2 is 1.00 bits per heavy atom. The molecule has 0 fully saturated rings. The second-order valence-corrected chi connectivity index (χ2v) is 11.1. The van der Waals surface area contributed by atoms with Crippen LogP contribution in [0.3, 0.4) is 0 Å². The van der Waals surface area contributed by atoms with Crippen molar-refractivity contribution in [2.24, 2.45) is 0 Å². The summed E-state index contributed by atoms with van der Waals surface area (Å²) in [5, 5.41) is 4.04. The first-order valence-corrected chi connectivity index (χ1v) is 11.4. The maximum Gasteiger partial charge on any atom is 0.156 e. The molecular formula is C16H8Cl8S2. The van der Waals surface area contributed by atoms with Crippen molar-refractivity contribution < 1.29 is 0 Å². The molecule has 2 aliphatic carbocycles. The molecule has 0 radical (unpaired) electrons. The first kappa shape index (κ1) is 23.5. The molecule has 0 bridgehead atoms. The van der Waals surface area contributed by atoms with Gasteiger partial charge in [-0.25, -0.2) is 0 Å². The Labute approximate surface area is 200 Å². The summed E-state index contributed by atoms with van der Waals surface area (Å²) < 4.78 is -2.75. The second kappa shape index (κ2) is 8.92. The normalized spacial score (nSPS) is 32.5. The topological polar surface area (TPSA) is 0 Å². The second-order valence-electron chi connectivity index (χ2n) is 4.82. The van der Waals surface area contributed by atoms with E-state index in [0.29, 0.717) is 0 Å². The first-order valence-electron chi connectivity index (χ1n) is 6.61. The van der Waals surface area contributed by atoms with Gasteiger partial charge >= 0.3 is 0 Å². The lowest BCUT2D eigenvalue weighted by molar-refractivity contribution is 1.04. The summed E-state index contributed by atoms with van der Waals surface area (Å²) in [4.78, 5) is 0. The van der Waals surface area contributed by atoms with Gasteiger partial charge in [-0.2, -0.15) is 0 Å². The van der Waals surface area contributed by atoms with E-state index in [4.69, 9.17) is 92.8 Å². The minimum atomic E-state index is -1.37. The smallest absolute Gasteiger partial charge is 0.101 e. The molecule has 0 aromatic rings. The van der Waals surface area contributed by atoms with Crippen molar-refractivity contribution in [3.63, 3.8) is 0 Å². The summed E-state index contributed by atoms with van der Waals surface area (Å²) >= 11 is 54.2. The molecule has 0 saturated carbocycles. The first-order chi connectivity index (χ1) is 12.0. The van der Waals surface area contributed by atoms with Gasteiger partial charge in [0.25, 0.3) is 0 Å². The molecule has 0 saturated heterocycles. The van der Waals surface area contributed by atoms with Gasteiger partial charge in [-0.15, -0.1) is 23.5 Å². The predicted molar refractivity (Wildman–Crippen MR) is 125 cm³/mol. The average Bonchev–Trinajstić information content (AvgIpc) is 2.55. The summed E-state index contributed by atoms with van der Waals surface area (Å²) in [6.07, 6.45) is 2.91. The molecule has 0 aliphatic heterocycles. The van der Waals surface area contributed by atoms with Gasteiger partial charge in [-0.1, -0.05) is 106 Å². The Hall–Kier alpha value is 1.20. The minimum Gasteiger partial charge on any atom is -0.101 e. The van der Waals surface area contributed by atoms with Crippen LogP contribution in [0.5, 0.6) is 0 Å². The van der Waals surface area contributed by atoms with Crippen LogP contribution < -0.4 is 0 Å².